The summed E-state index contributed by atoms with van der Waals surface area (Å²) in [4.78, 5) is 15.5. The van der Waals surface area contributed by atoms with Crippen molar-refractivity contribution >= 4 is 50.5 Å². The van der Waals surface area contributed by atoms with Gasteiger partial charge in [0.05, 0.1) is 16.3 Å². The van der Waals surface area contributed by atoms with E-state index in [9.17, 15) is 13.2 Å². The number of carbonyl (C=O) groups excluding carboxylic acids is 1. The van der Waals surface area contributed by atoms with Gasteiger partial charge < -0.3 is 15.0 Å². The minimum Gasteiger partial charge on any atom is -0.478 e. The van der Waals surface area contributed by atoms with E-state index in [-0.39, 0.29) is 11.9 Å². The molecule has 2 aromatic rings. The van der Waals surface area contributed by atoms with Crippen molar-refractivity contribution in [2.75, 3.05) is 15.9 Å². The van der Waals surface area contributed by atoms with Crippen molar-refractivity contribution in [3.63, 3.8) is 0 Å². The molecule has 7 nitrogen and oxygen atoms in total. The highest BCUT2D eigenvalue weighted by Crippen LogP contribution is 2.40. The van der Waals surface area contributed by atoms with E-state index < -0.39 is 15.6 Å². The molecule has 184 valence electrons. The van der Waals surface area contributed by atoms with Crippen molar-refractivity contribution in [1.82, 2.24) is 5.32 Å². The van der Waals surface area contributed by atoms with Gasteiger partial charge in [0.25, 0.3) is 5.91 Å². The van der Waals surface area contributed by atoms with Crippen LogP contribution in [0.2, 0.25) is 10.0 Å². The molecule has 4 rings (SSSR count). The van der Waals surface area contributed by atoms with Gasteiger partial charge in [-0.25, -0.2) is 8.42 Å². The first-order valence-corrected chi connectivity index (χ1v) is 13.9. The Balaban J connectivity index is 1.38. The average Bonchev–Trinajstić information content (AvgIpc) is 3.00. The highest BCUT2D eigenvalue weighted by atomic mass is 35.5. The molecule has 2 bridgehead atoms. The highest BCUT2D eigenvalue weighted by Gasteiger charge is 2.42. The fourth-order valence-electron chi connectivity index (χ4n) is 4.87. The van der Waals surface area contributed by atoms with Crippen LogP contribution in [-0.2, 0) is 14.8 Å². The largest absolute Gasteiger partial charge is 0.478 e. The van der Waals surface area contributed by atoms with Gasteiger partial charge in [-0.05, 0) is 75.9 Å². The van der Waals surface area contributed by atoms with E-state index in [4.69, 9.17) is 27.9 Å². The number of anilines is 2. The van der Waals surface area contributed by atoms with E-state index in [0.29, 0.717) is 33.6 Å². The molecule has 2 aromatic carbocycles. The maximum absolute atomic E-state index is 13.1. The zero-order chi connectivity index (χ0) is 24.7. The summed E-state index contributed by atoms with van der Waals surface area (Å²) in [6.07, 6.45) is 4.94. The lowest BCUT2D eigenvalue weighted by atomic mass is 9.95. The van der Waals surface area contributed by atoms with Crippen LogP contribution < -0.4 is 19.7 Å². The van der Waals surface area contributed by atoms with Gasteiger partial charge in [-0.15, -0.1) is 0 Å². The van der Waals surface area contributed by atoms with Crippen LogP contribution in [0, 0.1) is 0 Å². The van der Waals surface area contributed by atoms with Gasteiger partial charge >= 0.3 is 0 Å². The Hall–Kier alpha value is -2.16. The lowest BCUT2D eigenvalue weighted by molar-refractivity contribution is -0.135. The molecule has 0 spiro atoms. The summed E-state index contributed by atoms with van der Waals surface area (Å²) in [5, 5.41) is 3.99. The molecule has 2 N–H and O–H groups in total. The van der Waals surface area contributed by atoms with E-state index in [1.54, 1.807) is 44.2 Å². The number of rotatable bonds is 7. The third-order valence-electron chi connectivity index (χ3n) is 6.35. The number of ether oxygens (including phenoxy) is 1. The van der Waals surface area contributed by atoms with Gasteiger partial charge in [0.2, 0.25) is 10.0 Å². The molecule has 0 aromatic heterocycles. The van der Waals surface area contributed by atoms with Crippen LogP contribution >= 0.6 is 23.2 Å². The van der Waals surface area contributed by atoms with Crippen molar-refractivity contribution in [3.05, 3.63) is 52.5 Å². The van der Waals surface area contributed by atoms with Crippen LogP contribution in [0.15, 0.2) is 42.5 Å². The Kier molecular flexibility index (Phi) is 6.95. The third-order valence-corrected chi connectivity index (χ3v) is 7.69. The molecule has 2 fully saturated rings. The molecule has 10 heteroatoms. The lowest BCUT2D eigenvalue weighted by Crippen LogP contribution is -2.55. The average molecular weight is 526 g/mol. The maximum Gasteiger partial charge on any atom is 0.263 e. The van der Waals surface area contributed by atoms with Gasteiger partial charge in [-0.1, -0.05) is 23.2 Å². The van der Waals surface area contributed by atoms with E-state index in [2.05, 4.69) is 14.9 Å². The summed E-state index contributed by atoms with van der Waals surface area (Å²) in [5.74, 6) is 0.311. The second kappa shape index (κ2) is 9.47. The number of nitrogens with zero attached hydrogens (tertiary/aromatic N) is 1. The van der Waals surface area contributed by atoms with E-state index >= 15 is 0 Å². The lowest BCUT2D eigenvalue weighted by Gasteiger charge is -2.41. The molecular formula is C24H29Cl2N3O4S. The molecule has 0 aliphatic carbocycles. The summed E-state index contributed by atoms with van der Waals surface area (Å²) in [5.41, 5.74) is 0.542. The summed E-state index contributed by atoms with van der Waals surface area (Å²) >= 11 is 12.0. The van der Waals surface area contributed by atoms with Crippen molar-refractivity contribution < 1.29 is 17.9 Å². The number of sulfonamides is 1. The zero-order valence-electron chi connectivity index (χ0n) is 19.3. The van der Waals surface area contributed by atoms with Crippen molar-refractivity contribution in [3.8, 4) is 5.75 Å². The molecule has 2 saturated heterocycles. The molecule has 2 aliphatic heterocycles. The van der Waals surface area contributed by atoms with Crippen molar-refractivity contribution in [1.29, 1.82) is 0 Å². The Morgan fingerprint density at radius 3 is 2.21 bits per heavy atom. The Labute approximate surface area is 210 Å². The van der Waals surface area contributed by atoms with Crippen LogP contribution in [0.25, 0.3) is 0 Å². The van der Waals surface area contributed by atoms with Gasteiger partial charge in [-0.3, -0.25) is 9.52 Å². The van der Waals surface area contributed by atoms with Crippen molar-refractivity contribution in [2.45, 2.75) is 63.3 Å². The topological polar surface area (TPSA) is 87.7 Å². The van der Waals surface area contributed by atoms with E-state index in [0.717, 1.165) is 37.6 Å². The molecule has 0 unspecified atom stereocenters. The van der Waals surface area contributed by atoms with Gasteiger partial charge in [0.15, 0.2) is 5.60 Å². The highest BCUT2D eigenvalue weighted by molar-refractivity contribution is 7.92. The first kappa shape index (κ1) is 24.9. The minimum atomic E-state index is -3.31. The fourth-order valence-corrected chi connectivity index (χ4v) is 5.72. The predicted octanol–water partition coefficient (Wildman–Crippen LogP) is 4.84. The first-order valence-electron chi connectivity index (χ1n) is 11.2. The molecule has 3 atom stereocenters. The minimum absolute atomic E-state index is 0.0594. The number of benzene rings is 2. The predicted molar refractivity (Wildman–Crippen MR) is 137 cm³/mol. The van der Waals surface area contributed by atoms with Crippen LogP contribution in [0.4, 0.5) is 11.4 Å². The van der Waals surface area contributed by atoms with E-state index in [1.165, 1.54) is 0 Å². The number of piperidine rings is 1. The van der Waals surface area contributed by atoms with Gasteiger partial charge in [0.1, 0.15) is 5.75 Å². The number of amides is 1. The molecule has 1 amide bonds. The van der Waals surface area contributed by atoms with Crippen LogP contribution in [-0.4, -0.2) is 44.3 Å². The number of halogens is 2. The normalized spacial score (nSPS) is 22.4. The standard InChI is InChI=1S/C24H29Cl2N3O4S/c1-24(2,33-20-10-11-21(25)22(26)14-20)23(30)27-16-12-18-8-9-19(13-16)29(18)17-6-4-15(5-7-17)28-34(3,31)32/h4-7,10-11,14,16,18-19,28H,8-9,12-13H2,1-3H3,(H,27,30)/t16-,18+,19-. The number of hydrogen-bond acceptors (Lipinski definition) is 5. The third kappa shape index (κ3) is 5.73. The van der Waals surface area contributed by atoms with Gasteiger partial charge in [-0.2, -0.15) is 0 Å². The van der Waals surface area contributed by atoms with Crippen molar-refractivity contribution in [2.24, 2.45) is 0 Å². The number of hydrogen-bond donors (Lipinski definition) is 2. The van der Waals surface area contributed by atoms with Crippen LogP contribution in [0.3, 0.4) is 0 Å². The maximum atomic E-state index is 13.1. The fraction of sp³-hybridized carbons (Fsp3) is 0.458. The summed E-state index contributed by atoms with van der Waals surface area (Å²) in [6, 6.07) is 13.1. The molecular weight excluding hydrogens is 497 g/mol. The second-order valence-electron chi connectivity index (χ2n) is 9.54. The quantitative estimate of drug-likeness (QED) is 0.539. The zero-order valence-corrected chi connectivity index (χ0v) is 21.7. The molecule has 34 heavy (non-hydrogen) atoms. The number of carbonyl (C=O) groups is 1. The SMILES string of the molecule is CC(C)(Oc1ccc(Cl)c(Cl)c1)C(=O)N[C@H]1C[C@H]2CC[C@@H](C1)N2c1ccc(NS(C)(=O)=O)cc1. The number of fused-ring (bicyclic) bond motifs is 2. The smallest absolute Gasteiger partial charge is 0.263 e. The molecule has 2 aliphatic rings. The molecule has 0 radical (unpaired) electrons. The van der Waals surface area contributed by atoms with E-state index in [1.807, 2.05) is 12.1 Å². The Bertz CT molecular complexity index is 1160. The first-order chi connectivity index (χ1) is 15.9. The summed E-state index contributed by atoms with van der Waals surface area (Å²) in [6.45, 7) is 3.47. The Morgan fingerprint density at radius 1 is 1.03 bits per heavy atom. The molecule has 2 heterocycles. The monoisotopic (exact) mass is 525 g/mol. The summed E-state index contributed by atoms with van der Waals surface area (Å²) < 4.78 is 31.3. The summed E-state index contributed by atoms with van der Waals surface area (Å²) in [7, 11) is -3.31. The molecule has 0 saturated carbocycles. The van der Waals surface area contributed by atoms with Crippen LogP contribution in [0.5, 0.6) is 5.75 Å². The second-order valence-corrected chi connectivity index (χ2v) is 12.1. The van der Waals surface area contributed by atoms with Gasteiger partial charge in [0, 0.05) is 35.6 Å². The Morgan fingerprint density at radius 2 is 1.65 bits per heavy atom. The van der Waals surface area contributed by atoms with Crippen LogP contribution in [0.1, 0.15) is 39.5 Å². The number of nitrogens with one attached hydrogen (secondary N) is 2.